The molecule has 20 heavy (non-hydrogen) atoms. The van der Waals surface area contributed by atoms with Gasteiger partial charge in [0.2, 0.25) is 5.91 Å². The van der Waals surface area contributed by atoms with Gasteiger partial charge in [-0.25, -0.2) is 9.59 Å². The van der Waals surface area contributed by atoms with Crippen LogP contribution in [0.5, 0.6) is 0 Å². The van der Waals surface area contributed by atoms with Gasteiger partial charge in [-0.15, -0.1) is 0 Å². The Morgan fingerprint density at radius 1 is 1.45 bits per heavy atom. The lowest BCUT2D eigenvalue weighted by Gasteiger charge is -2.34. The fourth-order valence-electron chi connectivity index (χ4n) is 1.85. The minimum Gasteiger partial charge on any atom is -0.480 e. The molecule has 4 N–H and O–H groups in total. The molecule has 9 heteroatoms. The molecule has 1 heterocycles. The standard InChI is InChI=1S/C11H19N3O6/c1-12-9(16)8-6-20-5-3-14(8)11(19)13-7(2-4-15)10(17)18/h7-8,15H,2-6H2,1H3,(H,12,16)(H,13,19)(H,17,18)/t7-,8?/m0/s1. The molecule has 0 bridgehead atoms. The van der Waals surface area contributed by atoms with E-state index >= 15 is 0 Å². The predicted molar refractivity (Wildman–Crippen MR) is 67.0 cm³/mol. The lowest BCUT2D eigenvalue weighted by atomic mass is 10.2. The number of likely N-dealkylation sites (N-methyl/N-ethyl adjacent to an activating group) is 1. The number of hydrogen-bond donors (Lipinski definition) is 4. The van der Waals surface area contributed by atoms with Crippen molar-refractivity contribution in [3.05, 3.63) is 0 Å². The highest BCUT2D eigenvalue weighted by molar-refractivity contribution is 5.89. The Labute approximate surface area is 115 Å². The Morgan fingerprint density at radius 2 is 2.15 bits per heavy atom. The van der Waals surface area contributed by atoms with Crippen LogP contribution in [-0.4, -0.2) is 78.5 Å². The van der Waals surface area contributed by atoms with Gasteiger partial charge in [0.05, 0.1) is 13.2 Å². The second-order valence-corrected chi connectivity index (χ2v) is 4.25. The summed E-state index contributed by atoms with van der Waals surface area (Å²) >= 11 is 0. The Hall–Kier alpha value is -1.87. The van der Waals surface area contributed by atoms with Gasteiger partial charge in [-0.3, -0.25) is 4.79 Å². The van der Waals surface area contributed by atoms with E-state index in [9.17, 15) is 14.4 Å². The lowest BCUT2D eigenvalue weighted by molar-refractivity contribution is -0.139. The third-order valence-electron chi connectivity index (χ3n) is 2.95. The zero-order valence-corrected chi connectivity index (χ0v) is 11.2. The van der Waals surface area contributed by atoms with Crippen LogP contribution >= 0.6 is 0 Å². The first kappa shape index (κ1) is 16.2. The smallest absolute Gasteiger partial charge is 0.326 e. The summed E-state index contributed by atoms with van der Waals surface area (Å²) < 4.78 is 5.15. The van der Waals surface area contributed by atoms with Crippen molar-refractivity contribution < 1.29 is 29.3 Å². The van der Waals surface area contributed by atoms with Crippen molar-refractivity contribution in [2.24, 2.45) is 0 Å². The Kier molecular flexibility index (Phi) is 6.19. The van der Waals surface area contributed by atoms with Crippen molar-refractivity contribution in [3.63, 3.8) is 0 Å². The molecule has 3 amide bonds. The molecular formula is C11H19N3O6. The van der Waals surface area contributed by atoms with Gasteiger partial charge >= 0.3 is 12.0 Å². The topological polar surface area (TPSA) is 128 Å². The van der Waals surface area contributed by atoms with E-state index in [0.29, 0.717) is 0 Å². The van der Waals surface area contributed by atoms with Crippen LogP contribution in [0.15, 0.2) is 0 Å². The molecule has 1 fully saturated rings. The number of carbonyl (C=O) groups excluding carboxylic acids is 2. The average Bonchev–Trinajstić information content (AvgIpc) is 2.45. The normalized spacial score (nSPS) is 20.1. The van der Waals surface area contributed by atoms with E-state index in [1.807, 2.05) is 0 Å². The molecule has 0 radical (unpaired) electrons. The second-order valence-electron chi connectivity index (χ2n) is 4.25. The number of aliphatic carboxylic acids is 1. The monoisotopic (exact) mass is 289 g/mol. The largest absolute Gasteiger partial charge is 0.480 e. The van der Waals surface area contributed by atoms with Crippen molar-refractivity contribution in [1.29, 1.82) is 0 Å². The number of carboxylic acids is 1. The van der Waals surface area contributed by atoms with Gasteiger partial charge in [0.15, 0.2) is 0 Å². The Balaban J connectivity index is 2.71. The second kappa shape index (κ2) is 7.65. The molecule has 0 aromatic rings. The van der Waals surface area contributed by atoms with Crippen LogP contribution in [0.2, 0.25) is 0 Å². The highest BCUT2D eigenvalue weighted by atomic mass is 16.5. The minimum atomic E-state index is -1.24. The zero-order chi connectivity index (χ0) is 15.1. The van der Waals surface area contributed by atoms with Gasteiger partial charge in [-0.1, -0.05) is 0 Å². The highest BCUT2D eigenvalue weighted by Gasteiger charge is 2.33. The molecule has 1 aliphatic heterocycles. The van der Waals surface area contributed by atoms with Crippen LogP contribution < -0.4 is 10.6 Å². The van der Waals surface area contributed by atoms with Crippen LogP contribution in [0, 0.1) is 0 Å². The fourth-order valence-corrected chi connectivity index (χ4v) is 1.85. The highest BCUT2D eigenvalue weighted by Crippen LogP contribution is 2.08. The SMILES string of the molecule is CNC(=O)C1COCCN1C(=O)N[C@@H](CCO)C(=O)O. The molecule has 1 rings (SSSR count). The van der Waals surface area contributed by atoms with E-state index in [4.69, 9.17) is 14.9 Å². The molecule has 0 aromatic heterocycles. The number of nitrogens with zero attached hydrogens (tertiary/aromatic N) is 1. The van der Waals surface area contributed by atoms with Gasteiger partial charge in [0.1, 0.15) is 12.1 Å². The van der Waals surface area contributed by atoms with Crippen molar-refractivity contribution in [3.8, 4) is 0 Å². The fraction of sp³-hybridized carbons (Fsp3) is 0.727. The summed E-state index contributed by atoms with van der Waals surface area (Å²) in [5.74, 6) is -1.62. The minimum absolute atomic E-state index is 0.0603. The number of aliphatic hydroxyl groups excluding tert-OH is 1. The molecule has 114 valence electrons. The molecule has 0 aromatic carbocycles. The number of carboxylic acid groups (broad SMARTS) is 1. The third kappa shape index (κ3) is 4.07. The Bertz CT molecular complexity index is 375. The van der Waals surface area contributed by atoms with E-state index in [-0.39, 0.29) is 38.7 Å². The number of morpholine rings is 1. The van der Waals surface area contributed by atoms with E-state index in [1.165, 1.54) is 11.9 Å². The van der Waals surface area contributed by atoms with E-state index in [1.54, 1.807) is 0 Å². The van der Waals surface area contributed by atoms with Crippen molar-refractivity contribution in [2.45, 2.75) is 18.5 Å². The number of nitrogens with one attached hydrogen (secondary N) is 2. The summed E-state index contributed by atoms with van der Waals surface area (Å²) in [6.07, 6.45) is -0.101. The number of ether oxygens (including phenoxy) is 1. The number of urea groups is 1. The summed E-state index contributed by atoms with van der Waals surface area (Å²) in [6, 6.07) is -2.65. The first-order valence-corrected chi connectivity index (χ1v) is 6.21. The summed E-state index contributed by atoms with van der Waals surface area (Å²) in [4.78, 5) is 35.9. The van der Waals surface area contributed by atoms with Crippen molar-refractivity contribution >= 4 is 17.9 Å². The first-order valence-electron chi connectivity index (χ1n) is 6.21. The van der Waals surface area contributed by atoms with Gasteiger partial charge in [-0.2, -0.15) is 0 Å². The summed E-state index contributed by atoms with van der Waals surface area (Å²) in [5.41, 5.74) is 0. The first-order chi connectivity index (χ1) is 9.51. The number of carbonyl (C=O) groups is 3. The summed E-state index contributed by atoms with van der Waals surface area (Å²) in [6.45, 7) is 0.165. The van der Waals surface area contributed by atoms with Gasteiger partial charge < -0.3 is 30.5 Å². The summed E-state index contributed by atoms with van der Waals surface area (Å²) in [5, 5.41) is 22.4. The maximum atomic E-state index is 12.1. The quantitative estimate of drug-likeness (QED) is 0.462. The van der Waals surface area contributed by atoms with Crippen molar-refractivity contribution in [1.82, 2.24) is 15.5 Å². The van der Waals surface area contributed by atoms with Gasteiger partial charge in [0, 0.05) is 26.6 Å². The third-order valence-corrected chi connectivity index (χ3v) is 2.95. The van der Waals surface area contributed by atoms with E-state index in [0.717, 1.165) is 0 Å². The lowest BCUT2D eigenvalue weighted by Crippen LogP contribution is -2.59. The number of aliphatic hydroxyl groups is 1. The van der Waals surface area contributed by atoms with Crippen LogP contribution in [0.25, 0.3) is 0 Å². The molecule has 1 unspecified atom stereocenters. The molecule has 9 nitrogen and oxygen atoms in total. The zero-order valence-electron chi connectivity index (χ0n) is 11.2. The van der Waals surface area contributed by atoms with Gasteiger partial charge in [0.25, 0.3) is 0 Å². The molecule has 2 atom stereocenters. The van der Waals surface area contributed by atoms with Crippen LogP contribution in [0.3, 0.4) is 0 Å². The average molecular weight is 289 g/mol. The number of hydrogen-bond acceptors (Lipinski definition) is 5. The number of amides is 3. The van der Waals surface area contributed by atoms with Crippen LogP contribution in [-0.2, 0) is 14.3 Å². The molecule has 0 spiro atoms. The van der Waals surface area contributed by atoms with Crippen LogP contribution in [0.4, 0.5) is 4.79 Å². The Morgan fingerprint density at radius 3 is 2.70 bits per heavy atom. The van der Waals surface area contributed by atoms with E-state index < -0.39 is 24.1 Å². The maximum absolute atomic E-state index is 12.1. The molecule has 1 aliphatic rings. The molecule has 0 aliphatic carbocycles. The van der Waals surface area contributed by atoms with Crippen LogP contribution in [0.1, 0.15) is 6.42 Å². The summed E-state index contributed by atoms with van der Waals surface area (Å²) in [7, 11) is 1.44. The maximum Gasteiger partial charge on any atom is 0.326 e. The molecule has 0 saturated carbocycles. The predicted octanol–water partition coefficient (Wildman–Crippen LogP) is -2.02. The number of rotatable bonds is 5. The van der Waals surface area contributed by atoms with E-state index in [2.05, 4.69) is 10.6 Å². The molecule has 1 saturated heterocycles. The van der Waals surface area contributed by atoms with Crippen molar-refractivity contribution in [2.75, 3.05) is 33.4 Å². The molecular weight excluding hydrogens is 270 g/mol. The van der Waals surface area contributed by atoms with Gasteiger partial charge in [-0.05, 0) is 0 Å².